The van der Waals surface area contributed by atoms with Crippen LogP contribution in [0.25, 0.3) is 21.6 Å². The molecule has 0 amide bonds. The average Bonchev–Trinajstić information content (AvgIpc) is 2.69. The van der Waals surface area contributed by atoms with Crippen LogP contribution in [0.5, 0.6) is 0 Å². The van der Waals surface area contributed by atoms with Crippen LogP contribution in [0, 0.1) is 0 Å². The molecule has 20 nitrogen and oxygen atoms in total. The Kier molecular flexibility index (Phi) is 66.4. The first-order chi connectivity index (χ1) is 15.5. The number of hydrogen-bond acceptors (Lipinski definition) is 12. The summed E-state index contributed by atoms with van der Waals surface area (Å²) >= 11 is 14.8. The molecule has 0 aromatic rings. The third-order valence-electron chi connectivity index (χ3n) is 4.80. The molecular formula is C16H46Mn2N12O8S4+6. The maximum absolute atomic E-state index is 7.13. The molecule has 0 aromatic carbocycles. The molecule has 0 atom stereocenters. The van der Waals surface area contributed by atoms with Gasteiger partial charge in [-0.15, -0.1) is 0 Å². The molecule has 42 heavy (non-hydrogen) atoms. The van der Waals surface area contributed by atoms with E-state index in [9.17, 15) is 0 Å². The van der Waals surface area contributed by atoms with E-state index < -0.39 is 0 Å². The van der Waals surface area contributed by atoms with Crippen molar-refractivity contribution in [3.8, 4) is 0 Å². The van der Waals surface area contributed by atoms with Gasteiger partial charge in [-0.25, -0.2) is 0 Å². The third kappa shape index (κ3) is 26.0. The topological polar surface area (TPSA) is 376 Å². The average molecular weight is 773 g/mol. The summed E-state index contributed by atoms with van der Waals surface area (Å²) in [6, 6.07) is 0. The molecule has 22 N–H and O–H groups in total. The molecular weight excluding hydrogens is 726 g/mol. The zero-order chi connectivity index (χ0) is 23.9. The summed E-state index contributed by atoms with van der Waals surface area (Å²) in [7, 11) is 0. The molecule has 8 fully saturated rings. The van der Waals surface area contributed by atoms with Crippen molar-refractivity contribution >= 4 is 69.5 Å². The summed E-state index contributed by atoms with van der Waals surface area (Å²) in [4.78, 5) is 19.8. The SMILES string of the molecule is C1N2CN3CN1CN(C2)C3.C1N2CN3CN1CN(C2)C3.O.O.[Mn+2].[Mn+2].[N-]=C=S.[N-]=C=S.[N-]=C=S.[N-]=C=S.[OH3+].[OH3+].[OH3+].[OH3+].[OH3+].[OH3+]. The number of thiocarbonyl (C=S) groups is 4. The third-order valence-corrected chi connectivity index (χ3v) is 4.80. The molecule has 0 saturated carbocycles. The van der Waals surface area contributed by atoms with Gasteiger partial charge in [0, 0.05) is 0 Å². The molecule has 26 heteroatoms. The predicted octanol–water partition coefficient (Wildman–Crippen LogP) is -6.59. The minimum atomic E-state index is 0. The molecule has 8 heterocycles. The largest absolute Gasteiger partial charge is 2.00 e. The molecule has 0 aromatic heterocycles. The van der Waals surface area contributed by atoms with Gasteiger partial charge in [-0.05, 0) is 0 Å². The summed E-state index contributed by atoms with van der Waals surface area (Å²) < 4.78 is 0. The van der Waals surface area contributed by atoms with Gasteiger partial charge in [0.1, 0.15) is 0 Å². The fraction of sp³-hybridized carbons (Fsp3) is 0.750. The molecule has 0 unspecified atom stereocenters. The molecule has 8 saturated heterocycles. The maximum Gasteiger partial charge on any atom is 2.00 e. The van der Waals surface area contributed by atoms with Gasteiger partial charge in [-0.1, -0.05) is 48.9 Å². The van der Waals surface area contributed by atoms with E-state index in [-0.39, 0.29) is 77.9 Å². The smallest absolute Gasteiger partial charge is 0.753 e. The Labute approximate surface area is 287 Å². The Hall–Kier alpha value is -0.401. The van der Waals surface area contributed by atoms with Crippen molar-refractivity contribution in [1.82, 2.24) is 39.2 Å². The van der Waals surface area contributed by atoms with Crippen molar-refractivity contribution in [2.75, 3.05) is 80.0 Å². The monoisotopic (exact) mass is 772 g/mol. The Morgan fingerprint density at radius 2 is 0.357 bits per heavy atom. The molecule has 0 spiro atoms. The van der Waals surface area contributed by atoms with E-state index in [1.54, 1.807) is 0 Å². The molecule has 8 aliphatic rings. The normalized spacial score (nSPS) is 28.2. The van der Waals surface area contributed by atoms with Gasteiger partial charge in [-0.3, -0.25) is 39.2 Å². The second-order valence-electron chi connectivity index (χ2n) is 7.43. The number of hydrogen-bond donors (Lipinski definition) is 0. The van der Waals surface area contributed by atoms with Gasteiger partial charge < -0.3 is 65.4 Å². The number of nitrogens with zero attached hydrogens (tertiary/aromatic N) is 12. The van der Waals surface area contributed by atoms with E-state index in [0.29, 0.717) is 0 Å². The van der Waals surface area contributed by atoms with Crippen LogP contribution in [0.1, 0.15) is 0 Å². The molecule has 8 rings (SSSR count). The molecule has 8 aliphatic heterocycles. The zero-order valence-corrected chi connectivity index (χ0v) is 28.3. The molecule has 250 valence electrons. The van der Waals surface area contributed by atoms with Gasteiger partial charge in [0.15, 0.2) is 0 Å². The van der Waals surface area contributed by atoms with E-state index >= 15 is 0 Å². The van der Waals surface area contributed by atoms with Crippen LogP contribution >= 0.6 is 48.9 Å². The summed E-state index contributed by atoms with van der Waals surface area (Å²) in [5.74, 6) is 0. The van der Waals surface area contributed by atoms with E-state index in [1.165, 1.54) is 101 Å². The minimum absolute atomic E-state index is 0. The van der Waals surface area contributed by atoms with E-state index in [2.05, 4.69) is 88.1 Å². The molecule has 2 radical (unpaired) electrons. The van der Waals surface area contributed by atoms with Crippen molar-refractivity contribution in [3.05, 3.63) is 21.6 Å². The van der Waals surface area contributed by atoms with Crippen molar-refractivity contribution in [2.24, 2.45) is 0 Å². The fourth-order valence-corrected chi connectivity index (χ4v) is 4.47. The fourth-order valence-electron chi connectivity index (χ4n) is 4.47. The standard InChI is InChI=1S/2C6H12N4.4CNS.2Mn.8H2O/c2*1-7-2-9-4-8(1)5-10(3-7)6-9;4*2-1-3;;;;;;;;;;/h2*1-6H2;;;;;;;8*1H2/q;;4*-1;2*+2;;;;;;;;/p+6. The zero-order valence-electron chi connectivity index (χ0n) is 22.7. The quantitative estimate of drug-likeness (QED) is 0.0960. The second kappa shape index (κ2) is 40.6. The summed E-state index contributed by atoms with van der Waals surface area (Å²) in [6.07, 6.45) is 0. The van der Waals surface area contributed by atoms with Crippen molar-refractivity contribution < 1.29 is 77.9 Å². The van der Waals surface area contributed by atoms with Crippen LogP contribution in [-0.4, -0.2) is 151 Å². The Morgan fingerprint density at radius 1 is 0.310 bits per heavy atom. The van der Waals surface area contributed by atoms with Gasteiger partial charge >= 0.3 is 34.1 Å². The van der Waals surface area contributed by atoms with Crippen LogP contribution < -0.4 is 0 Å². The maximum atomic E-state index is 7.13. The summed E-state index contributed by atoms with van der Waals surface area (Å²) in [5, 5.41) is 33.9. The van der Waals surface area contributed by atoms with Crippen LogP contribution in [-0.2, 0) is 67.0 Å². The van der Waals surface area contributed by atoms with Gasteiger partial charge in [0.2, 0.25) is 0 Å². The van der Waals surface area contributed by atoms with Crippen LogP contribution in [0.3, 0.4) is 0 Å². The van der Waals surface area contributed by atoms with E-state index in [1.807, 2.05) is 0 Å². The summed E-state index contributed by atoms with van der Waals surface area (Å²) in [5.41, 5.74) is 0. The van der Waals surface area contributed by atoms with Crippen molar-refractivity contribution in [1.29, 1.82) is 0 Å². The Bertz CT molecular complexity index is 553. The van der Waals surface area contributed by atoms with Crippen molar-refractivity contribution in [3.63, 3.8) is 0 Å². The summed E-state index contributed by atoms with van der Waals surface area (Å²) in [6.45, 7) is 14.2. The second-order valence-corrected chi connectivity index (χ2v) is 8.16. The Morgan fingerprint density at radius 3 is 0.405 bits per heavy atom. The number of rotatable bonds is 0. The predicted molar refractivity (Wildman–Crippen MR) is 173 cm³/mol. The number of isothiocyanates is 4. The van der Waals surface area contributed by atoms with Crippen molar-refractivity contribution in [2.45, 2.75) is 0 Å². The van der Waals surface area contributed by atoms with Gasteiger partial charge in [0.25, 0.3) is 0 Å². The minimum Gasteiger partial charge on any atom is -0.753 e. The van der Waals surface area contributed by atoms with Gasteiger partial charge in [-0.2, -0.15) is 20.6 Å². The van der Waals surface area contributed by atoms with Crippen LogP contribution in [0.2, 0.25) is 0 Å². The first-order valence-corrected chi connectivity index (χ1v) is 10.9. The van der Waals surface area contributed by atoms with E-state index in [0.717, 1.165) is 0 Å². The Balaban J connectivity index is -0.0000000382. The first kappa shape index (κ1) is 68.7. The molecule has 8 bridgehead atoms. The van der Waals surface area contributed by atoms with Crippen LogP contribution in [0.4, 0.5) is 0 Å². The van der Waals surface area contributed by atoms with E-state index in [4.69, 9.17) is 21.6 Å². The molecule has 0 aliphatic carbocycles. The first-order valence-electron chi connectivity index (χ1n) is 9.30. The van der Waals surface area contributed by atoms with Crippen LogP contribution in [0.15, 0.2) is 0 Å². The van der Waals surface area contributed by atoms with Gasteiger partial charge in [0.05, 0.1) is 80.0 Å².